The normalized spacial score (nSPS) is 17.2. The van der Waals surface area contributed by atoms with Crippen molar-refractivity contribution in [3.63, 3.8) is 0 Å². The fourth-order valence-electron chi connectivity index (χ4n) is 4.07. The fraction of sp³-hybridized carbons (Fsp3) is 0.409. The number of aromatic nitrogens is 2. The second-order valence-electron chi connectivity index (χ2n) is 7.94. The van der Waals surface area contributed by atoms with Gasteiger partial charge in [-0.05, 0) is 50.5 Å². The van der Waals surface area contributed by atoms with Crippen LogP contribution in [0, 0.1) is 13.8 Å². The van der Waals surface area contributed by atoms with E-state index in [1.807, 2.05) is 36.9 Å². The van der Waals surface area contributed by atoms with E-state index in [1.165, 1.54) is 24.2 Å². The smallest absolute Gasteiger partial charge is 0.264 e. The number of amides is 1. The summed E-state index contributed by atoms with van der Waals surface area (Å²) in [4.78, 5) is 28.8. The molecule has 3 heterocycles. The number of hydrogen-bond donors (Lipinski definition) is 0. The molecule has 1 aromatic carbocycles. The predicted molar refractivity (Wildman–Crippen MR) is 118 cm³/mol. The molecule has 1 saturated heterocycles. The van der Waals surface area contributed by atoms with Gasteiger partial charge in [-0.3, -0.25) is 4.79 Å². The first-order chi connectivity index (χ1) is 14.0. The first kappa shape index (κ1) is 18.8. The Morgan fingerprint density at radius 1 is 1.14 bits per heavy atom. The molecular weight excluding hydrogens is 404 g/mol. The molecular formula is C22H23ClN4OS. The summed E-state index contributed by atoms with van der Waals surface area (Å²) in [5, 5.41) is 1.80. The van der Waals surface area contributed by atoms with Crippen LogP contribution in [0.1, 0.15) is 45.5 Å². The lowest BCUT2D eigenvalue weighted by Gasteiger charge is -2.36. The minimum Gasteiger partial charge on any atom is -0.368 e. The number of anilines is 1. The number of piperazine rings is 1. The number of halogens is 1. The van der Waals surface area contributed by atoms with Crippen molar-refractivity contribution in [3.8, 4) is 0 Å². The summed E-state index contributed by atoms with van der Waals surface area (Å²) in [6.07, 6.45) is 2.36. The van der Waals surface area contributed by atoms with Crippen LogP contribution in [0.15, 0.2) is 24.3 Å². The predicted octanol–water partition coefficient (Wildman–Crippen LogP) is 4.80. The van der Waals surface area contributed by atoms with Gasteiger partial charge in [0.1, 0.15) is 10.7 Å². The highest BCUT2D eigenvalue weighted by Gasteiger charge is 2.30. The number of hydrogen-bond acceptors (Lipinski definition) is 5. The number of nitrogens with zero attached hydrogens (tertiary/aromatic N) is 4. The molecule has 7 heteroatoms. The minimum absolute atomic E-state index is 0.114. The lowest BCUT2D eigenvalue weighted by molar-refractivity contribution is 0.0751. The Morgan fingerprint density at radius 2 is 1.90 bits per heavy atom. The monoisotopic (exact) mass is 426 g/mol. The average molecular weight is 427 g/mol. The Bertz CT molecular complexity index is 1100. The molecule has 0 radical (unpaired) electrons. The van der Waals surface area contributed by atoms with Crippen LogP contribution in [0.2, 0.25) is 5.02 Å². The number of carbonyl (C=O) groups is 1. The maximum Gasteiger partial charge on any atom is 0.264 e. The third-order valence-electron chi connectivity index (χ3n) is 5.87. The average Bonchev–Trinajstić information content (AvgIpc) is 3.51. The summed E-state index contributed by atoms with van der Waals surface area (Å²) in [6.45, 7) is 7.09. The molecule has 150 valence electrons. The van der Waals surface area contributed by atoms with Crippen LogP contribution < -0.4 is 4.90 Å². The number of thiophene rings is 1. The van der Waals surface area contributed by atoms with Crippen molar-refractivity contribution in [2.24, 2.45) is 0 Å². The Labute approximate surface area is 179 Å². The highest BCUT2D eigenvalue weighted by Crippen LogP contribution is 2.40. The summed E-state index contributed by atoms with van der Waals surface area (Å²) >= 11 is 7.65. The Kier molecular flexibility index (Phi) is 4.71. The highest BCUT2D eigenvalue weighted by atomic mass is 35.5. The number of carbonyl (C=O) groups excluding carboxylic acids is 1. The van der Waals surface area contributed by atoms with Crippen molar-refractivity contribution in [1.29, 1.82) is 0 Å². The largest absolute Gasteiger partial charge is 0.368 e. The number of fused-ring (bicyclic) bond motifs is 1. The molecule has 0 bridgehead atoms. The van der Waals surface area contributed by atoms with Crippen LogP contribution in [-0.4, -0.2) is 47.0 Å². The van der Waals surface area contributed by atoms with Crippen LogP contribution in [0.4, 0.5) is 5.69 Å². The molecule has 0 atom stereocenters. The van der Waals surface area contributed by atoms with E-state index in [4.69, 9.17) is 21.6 Å². The first-order valence-electron chi connectivity index (χ1n) is 10.1. The van der Waals surface area contributed by atoms with Gasteiger partial charge in [-0.15, -0.1) is 11.3 Å². The van der Waals surface area contributed by atoms with E-state index < -0.39 is 0 Å². The van der Waals surface area contributed by atoms with E-state index in [1.54, 1.807) is 0 Å². The summed E-state index contributed by atoms with van der Waals surface area (Å²) in [7, 11) is 0. The van der Waals surface area contributed by atoms with Crippen molar-refractivity contribution >= 4 is 44.7 Å². The molecule has 1 saturated carbocycles. The van der Waals surface area contributed by atoms with Crippen LogP contribution in [0.5, 0.6) is 0 Å². The van der Waals surface area contributed by atoms with E-state index in [0.29, 0.717) is 19.0 Å². The van der Waals surface area contributed by atoms with E-state index in [0.717, 1.165) is 56.0 Å². The molecule has 1 aliphatic heterocycles. The molecule has 3 aromatic rings. The van der Waals surface area contributed by atoms with Crippen LogP contribution >= 0.6 is 22.9 Å². The molecule has 29 heavy (non-hydrogen) atoms. The van der Waals surface area contributed by atoms with Crippen molar-refractivity contribution in [2.75, 3.05) is 31.1 Å². The third kappa shape index (κ3) is 3.49. The molecule has 1 amide bonds. The van der Waals surface area contributed by atoms with Gasteiger partial charge in [-0.1, -0.05) is 17.7 Å². The van der Waals surface area contributed by atoms with Crippen LogP contribution in [0.25, 0.3) is 10.2 Å². The lowest BCUT2D eigenvalue weighted by atomic mass is 10.1. The van der Waals surface area contributed by atoms with Gasteiger partial charge in [0.05, 0.1) is 10.6 Å². The Hall–Kier alpha value is -2.18. The summed E-state index contributed by atoms with van der Waals surface area (Å²) in [5.74, 6) is 1.58. The molecule has 0 N–H and O–H groups in total. The van der Waals surface area contributed by atoms with Crippen LogP contribution in [0.3, 0.4) is 0 Å². The zero-order valence-corrected chi connectivity index (χ0v) is 18.2. The zero-order valence-electron chi connectivity index (χ0n) is 16.6. The molecule has 2 aromatic heterocycles. The van der Waals surface area contributed by atoms with Gasteiger partial charge in [0.25, 0.3) is 5.91 Å². The summed E-state index contributed by atoms with van der Waals surface area (Å²) in [6, 6.07) is 7.90. The first-order valence-corrected chi connectivity index (χ1v) is 11.3. The van der Waals surface area contributed by atoms with Crippen molar-refractivity contribution in [3.05, 3.63) is 51.2 Å². The fourth-order valence-corrected chi connectivity index (χ4v) is 5.46. The molecule has 0 spiro atoms. The standard InChI is InChI=1S/C22H23ClN4OS/c1-13-18-14(2)24-20(15-6-7-15)25-21(18)29-19(13)22(28)27-10-8-26(9-11-27)17-5-3-4-16(23)12-17/h3-5,12,15H,6-11H2,1-2H3. The topological polar surface area (TPSA) is 49.3 Å². The minimum atomic E-state index is 0.114. The van der Waals surface area contributed by atoms with Gasteiger partial charge < -0.3 is 9.80 Å². The number of aryl methyl sites for hydroxylation is 2. The molecule has 1 aliphatic carbocycles. The van der Waals surface area contributed by atoms with E-state index in [9.17, 15) is 4.79 Å². The molecule has 0 unspecified atom stereocenters. The van der Waals surface area contributed by atoms with Gasteiger partial charge in [0, 0.05) is 48.2 Å². The van der Waals surface area contributed by atoms with E-state index >= 15 is 0 Å². The van der Waals surface area contributed by atoms with Crippen molar-refractivity contribution in [2.45, 2.75) is 32.6 Å². The Balaban J connectivity index is 1.36. The van der Waals surface area contributed by atoms with E-state index in [2.05, 4.69) is 11.0 Å². The van der Waals surface area contributed by atoms with Gasteiger partial charge in [-0.2, -0.15) is 0 Å². The van der Waals surface area contributed by atoms with Gasteiger partial charge in [0.2, 0.25) is 0 Å². The SMILES string of the molecule is Cc1nc(C2CC2)nc2sc(C(=O)N3CCN(c4cccc(Cl)c4)CC3)c(C)c12. The molecule has 5 nitrogen and oxygen atoms in total. The van der Waals surface area contributed by atoms with Crippen molar-refractivity contribution in [1.82, 2.24) is 14.9 Å². The third-order valence-corrected chi connectivity index (χ3v) is 7.27. The van der Waals surface area contributed by atoms with Gasteiger partial charge >= 0.3 is 0 Å². The van der Waals surface area contributed by atoms with Gasteiger partial charge in [-0.25, -0.2) is 9.97 Å². The quantitative estimate of drug-likeness (QED) is 0.603. The van der Waals surface area contributed by atoms with Gasteiger partial charge in [0.15, 0.2) is 0 Å². The molecule has 5 rings (SSSR count). The summed E-state index contributed by atoms with van der Waals surface area (Å²) < 4.78 is 0. The van der Waals surface area contributed by atoms with Crippen molar-refractivity contribution < 1.29 is 4.79 Å². The van der Waals surface area contributed by atoms with E-state index in [-0.39, 0.29) is 5.91 Å². The number of rotatable bonds is 3. The summed E-state index contributed by atoms with van der Waals surface area (Å²) in [5.41, 5.74) is 3.13. The zero-order chi connectivity index (χ0) is 20.1. The van der Waals surface area contributed by atoms with Crippen LogP contribution in [-0.2, 0) is 0 Å². The lowest BCUT2D eigenvalue weighted by Crippen LogP contribution is -2.48. The second-order valence-corrected chi connectivity index (χ2v) is 9.37. The Morgan fingerprint density at radius 3 is 2.59 bits per heavy atom. The molecule has 2 aliphatic rings. The molecule has 2 fully saturated rings. The highest BCUT2D eigenvalue weighted by molar-refractivity contribution is 7.20. The number of benzene rings is 1. The second kappa shape index (κ2) is 7.26. The maximum atomic E-state index is 13.3. The maximum absolute atomic E-state index is 13.3.